The summed E-state index contributed by atoms with van der Waals surface area (Å²) in [4.78, 5) is 23.5. The van der Waals surface area contributed by atoms with Crippen molar-refractivity contribution >= 4 is 12.1 Å². The number of unbranched alkanes of at least 4 members (excludes halogenated alkanes) is 2. The number of nitrogens with zero attached hydrogens (tertiary/aromatic N) is 2. The van der Waals surface area contributed by atoms with E-state index in [1.165, 1.54) is 64.2 Å². The molecular weight excluding hydrogens is 352 g/mol. The molecule has 0 bridgehead atoms. The second kappa shape index (κ2) is 18.9. The zero-order valence-electron chi connectivity index (χ0n) is 18.8. The first-order valence-corrected chi connectivity index (χ1v) is 11.5. The van der Waals surface area contributed by atoms with Crippen molar-refractivity contribution in [2.45, 2.75) is 105 Å². The minimum absolute atomic E-state index is 0.535. The third kappa shape index (κ3) is 15.6. The predicted octanol–water partition coefficient (Wildman–Crippen LogP) is 6.85. The molecule has 6 nitrogen and oxygen atoms in total. The second-order valence-corrected chi connectivity index (χ2v) is 7.84. The topological polar surface area (TPSA) is 82.9 Å². The van der Waals surface area contributed by atoms with Crippen molar-refractivity contribution in [3.8, 4) is 0 Å². The summed E-state index contributed by atoms with van der Waals surface area (Å²) in [6.07, 6.45) is 13.9. The molecule has 4 amide bonds. The standard InChI is InChI=1S/C22H44N4O2/c1-5-9-13-19(11-7-3)15-17-23-21(27)25-26-22(28)24-18-16-20(12-8-4)14-10-6-2/h19-20H,5-18H2,1-4H3,(H,23,27)(H,24,28). The van der Waals surface area contributed by atoms with Gasteiger partial charge in [-0.2, -0.15) is 0 Å². The number of hydrogen-bond acceptors (Lipinski definition) is 2. The van der Waals surface area contributed by atoms with Gasteiger partial charge in [0.15, 0.2) is 0 Å². The van der Waals surface area contributed by atoms with Gasteiger partial charge in [0.25, 0.3) is 0 Å². The SMILES string of the molecule is CCCCC(CCC)CCNC(=O)N=NC(=O)NCCC(CCC)CCCC. The second-order valence-electron chi connectivity index (χ2n) is 7.84. The van der Waals surface area contributed by atoms with E-state index >= 15 is 0 Å². The average Bonchev–Trinajstić information content (AvgIpc) is 2.68. The average molecular weight is 397 g/mol. The number of nitrogens with one attached hydrogen (secondary N) is 2. The number of azo groups is 1. The highest BCUT2D eigenvalue weighted by molar-refractivity contribution is 5.79. The molecular formula is C22H44N4O2. The van der Waals surface area contributed by atoms with Gasteiger partial charge in [-0.1, -0.05) is 102 Å². The first-order chi connectivity index (χ1) is 13.6. The van der Waals surface area contributed by atoms with Crippen LogP contribution in [-0.4, -0.2) is 25.2 Å². The van der Waals surface area contributed by atoms with E-state index in [4.69, 9.17) is 0 Å². The molecule has 28 heavy (non-hydrogen) atoms. The van der Waals surface area contributed by atoms with Crippen LogP contribution in [0.25, 0.3) is 0 Å². The zero-order chi connectivity index (χ0) is 21.0. The molecule has 0 heterocycles. The molecule has 0 aromatic heterocycles. The fourth-order valence-electron chi connectivity index (χ4n) is 3.60. The summed E-state index contributed by atoms with van der Waals surface area (Å²) in [6.45, 7) is 9.96. The molecule has 0 saturated carbocycles. The van der Waals surface area contributed by atoms with Gasteiger partial charge in [-0.05, 0) is 24.7 Å². The van der Waals surface area contributed by atoms with E-state index in [9.17, 15) is 9.59 Å². The molecule has 0 aliphatic carbocycles. The first kappa shape index (κ1) is 26.5. The van der Waals surface area contributed by atoms with Crippen molar-refractivity contribution in [1.82, 2.24) is 10.6 Å². The van der Waals surface area contributed by atoms with E-state index in [1.807, 2.05) is 0 Å². The van der Waals surface area contributed by atoms with Crippen LogP contribution in [0.4, 0.5) is 9.59 Å². The Morgan fingerprint density at radius 3 is 1.32 bits per heavy atom. The Bertz CT molecular complexity index is 389. The number of amides is 4. The van der Waals surface area contributed by atoms with Gasteiger partial charge in [-0.3, -0.25) is 0 Å². The molecule has 0 aliphatic heterocycles. The number of hydrogen-bond donors (Lipinski definition) is 2. The van der Waals surface area contributed by atoms with Gasteiger partial charge in [0.2, 0.25) is 0 Å². The fraction of sp³-hybridized carbons (Fsp3) is 0.909. The molecule has 0 rings (SSSR count). The molecule has 0 spiro atoms. The van der Waals surface area contributed by atoms with E-state index in [0.29, 0.717) is 24.9 Å². The fourth-order valence-corrected chi connectivity index (χ4v) is 3.60. The van der Waals surface area contributed by atoms with Gasteiger partial charge >= 0.3 is 12.1 Å². The smallest absolute Gasteiger partial charge is 0.335 e. The number of urea groups is 2. The van der Waals surface area contributed by atoms with Crippen LogP contribution in [0.15, 0.2) is 10.2 Å². The first-order valence-electron chi connectivity index (χ1n) is 11.5. The highest BCUT2D eigenvalue weighted by atomic mass is 16.2. The molecule has 0 aliphatic rings. The largest absolute Gasteiger partial charge is 0.359 e. The van der Waals surface area contributed by atoms with Gasteiger partial charge in [0, 0.05) is 13.1 Å². The lowest BCUT2D eigenvalue weighted by atomic mass is 9.94. The molecule has 2 atom stereocenters. The van der Waals surface area contributed by atoms with Crippen LogP contribution in [0.2, 0.25) is 0 Å². The van der Waals surface area contributed by atoms with E-state index in [0.717, 1.165) is 12.8 Å². The van der Waals surface area contributed by atoms with Crippen LogP contribution >= 0.6 is 0 Å². The molecule has 6 heteroatoms. The minimum atomic E-state index is -0.535. The van der Waals surface area contributed by atoms with E-state index in [1.54, 1.807) is 0 Å². The lowest BCUT2D eigenvalue weighted by Crippen LogP contribution is -2.25. The van der Waals surface area contributed by atoms with Crippen LogP contribution in [0, 0.1) is 11.8 Å². The van der Waals surface area contributed by atoms with E-state index < -0.39 is 12.1 Å². The van der Waals surface area contributed by atoms with Crippen LogP contribution in [0.1, 0.15) is 105 Å². The van der Waals surface area contributed by atoms with Crippen molar-refractivity contribution in [2.24, 2.45) is 22.1 Å². The van der Waals surface area contributed by atoms with Crippen LogP contribution in [-0.2, 0) is 0 Å². The molecule has 0 saturated heterocycles. The van der Waals surface area contributed by atoms with Gasteiger partial charge in [-0.15, -0.1) is 0 Å². The number of carbonyl (C=O) groups excluding carboxylic acids is 2. The van der Waals surface area contributed by atoms with Crippen molar-refractivity contribution < 1.29 is 9.59 Å². The molecule has 0 aromatic carbocycles. The predicted molar refractivity (Wildman–Crippen MR) is 117 cm³/mol. The molecule has 2 N–H and O–H groups in total. The van der Waals surface area contributed by atoms with Gasteiger partial charge in [-0.25, -0.2) is 9.59 Å². The Kier molecular flexibility index (Phi) is 17.9. The van der Waals surface area contributed by atoms with Crippen molar-refractivity contribution in [1.29, 1.82) is 0 Å². The monoisotopic (exact) mass is 396 g/mol. The lowest BCUT2D eigenvalue weighted by Gasteiger charge is -2.15. The number of carbonyl (C=O) groups is 2. The molecule has 2 unspecified atom stereocenters. The van der Waals surface area contributed by atoms with Crippen LogP contribution in [0.3, 0.4) is 0 Å². The van der Waals surface area contributed by atoms with Crippen LogP contribution < -0.4 is 10.6 Å². The molecule has 0 radical (unpaired) electrons. The highest BCUT2D eigenvalue weighted by Crippen LogP contribution is 2.18. The molecule has 0 aromatic rings. The quantitative estimate of drug-likeness (QED) is 0.280. The molecule has 164 valence electrons. The summed E-state index contributed by atoms with van der Waals surface area (Å²) in [5, 5.41) is 12.4. The summed E-state index contributed by atoms with van der Waals surface area (Å²) >= 11 is 0. The Labute approximate surface area is 172 Å². The Morgan fingerprint density at radius 1 is 0.607 bits per heavy atom. The molecule has 0 fully saturated rings. The third-order valence-corrected chi connectivity index (χ3v) is 5.21. The van der Waals surface area contributed by atoms with Gasteiger partial charge in [0.1, 0.15) is 0 Å². The Hall–Kier alpha value is -1.46. The number of rotatable bonds is 16. The van der Waals surface area contributed by atoms with Crippen molar-refractivity contribution in [2.75, 3.05) is 13.1 Å². The van der Waals surface area contributed by atoms with E-state index in [-0.39, 0.29) is 0 Å². The van der Waals surface area contributed by atoms with E-state index in [2.05, 4.69) is 48.6 Å². The normalized spacial score (nSPS) is 13.4. The van der Waals surface area contributed by atoms with Gasteiger partial charge < -0.3 is 10.6 Å². The Morgan fingerprint density at radius 2 is 1.00 bits per heavy atom. The summed E-state index contributed by atoms with van der Waals surface area (Å²) in [5.74, 6) is 1.29. The maximum absolute atomic E-state index is 11.7. The van der Waals surface area contributed by atoms with Gasteiger partial charge in [0.05, 0.1) is 0 Å². The Balaban J connectivity index is 4.03. The highest BCUT2D eigenvalue weighted by Gasteiger charge is 2.10. The third-order valence-electron chi connectivity index (χ3n) is 5.21. The van der Waals surface area contributed by atoms with Crippen molar-refractivity contribution in [3.05, 3.63) is 0 Å². The zero-order valence-corrected chi connectivity index (χ0v) is 18.8. The summed E-state index contributed by atoms with van der Waals surface area (Å²) in [6, 6.07) is -1.07. The lowest BCUT2D eigenvalue weighted by molar-refractivity contribution is 0.239. The summed E-state index contributed by atoms with van der Waals surface area (Å²) in [7, 11) is 0. The van der Waals surface area contributed by atoms with Crippen LogP contribution in [0.5, 0.6) is 0 Å². The maximum atomic E-state index is 11.7. The minimum Gasteiger partial charge on any atom is -0.335 e. The maximum Gasteiger partial charge on any atom is 0.359 e. The summed E-state index contributed by atoms with van der Waals surface area (Å²) < 4.78 is 0. The van der Waals surface area contributed by atoms with Crippen molar-refractivity contribution in [3.63, 3.8) is 0 Å². The summed E-state index contributed by atoms with van der Waals surface area (Å²) in [5.41, 5.74) is 0.